The Hall–Kier alpha value is -1.44. The van der Waals surface area contributed by atoms with Crippen molar-refractivity contribution in [1.82, 2.24) is 10.0 Å². The number of carbonyl (C=O) groups excluding carboxylic acids is 1. The predicted octanol–water partition coefficient (Wildman–Crippen LogP) is 0.829. The van der Waals surface area contributed by atoms with Crippen LogP contribution in [0.2, 0.25) is 0 Å². The summed E-state index contributed by atoms with van der Waals surface area (Å²) in [4.78, 5) is 12.2. The number of aryl methyl sites for hydroxylation is 1. The molecule has 1 amide bonds. The maximum atomic E-state index is 12.2. The van der Waals surface area contributed by atoms with Crippen LogP contribution in [-0.2, 0) is 14.8 Å². The lowest BCUT2D eigenvalue weighted by molar-refractivity contribution is -0.122. The van der Waals surface area contributed by atoms with Gasteiger partial charge in [-0.25, -0.2) is 13.1 Å². The van der Waals surface area contributed by atoms with Crippen LogP contribution in [0.5, 0.6) is 0 Å². The number of amides is 1. The van der Waals surface area contributed by atoms with Crippen LogP contribution in [0.15, 0.2) is 24.3 Å². The Morgan fingerprint density at radius 2 is 1.96 bits per heavy atom. The molecule has 0 heterocycles. The fourth-order valence-electron chi connectivity index (χ4n) is 2.98. The number of hydrogen-bond acceptors (Lipinski definition) is 4. The van der Waals surface area contributed by atoms with Gasteiger partial charge < -0.3 is 11.1 Å². The summed E-state index contributed by atoms with van der Waals surface area (Å²) in [6.45, 7) is 2.41. The highest BCUT2D eigenvalue weighted by molar-refractivity contribution is 7.88. The first-order valence-electron chi connectivity index (χ1n) is 7.83. The molecule has 1 saturated carbocycles. The Balaban J connectivity index is 1.89. The summed E-state index contributed by atoms with van der Waals surface area (Å²) in [5, 5.41) is 2.85. The lowest BCUT2D eigenvalue weighted by atomic mass is 10.0. The van der Waals surface area contributed by atoms with Gasteiger partial charge in [0.1, 0.15) is 6.04 Å². The molecule has 7 heteroatoms. The average molecular weight is 339 g/mol. The van der Waals surface area contributed by atoms with Crippen LogP contribution in [0.25, 0.3) is 0 Å². The largest absolute Gasteiger partial charge is 0.354 e. The van der Waals surface area contributed by atoms with E-state index in [0.717, 1.165) is 36.6 Å². The molecule has 0 saturated heterocycles. The monoisotopic (exact) mass is 339 g/mol. The van der Waals surface area contributed by atoms with Gasteiger partial charge in [-0.2, -0.15) is 0 Å². The normalized spacial score (nSPS) is 22.7. The van der Waals surface area contributed by atoms with E-state index in [-0.39, 0.29) is 17.9 Å². The van der Waals surface area contributed by atoms with Crippen molar-refractivity contribution in [2.24, 2.45) is 11.7 Å². The first kappa shape index (κ1) is 17.9. The maximum absolute atomic E-state index is 12.2. The molecule has 1 aromatic rings. The van der Waals surface area contributed by atoms with Gasteiger partial charge in [0.2, 0.25) is 15.9 Å². The molecule has 1 aliphatic rings. The number of hydrogen-bond donors (Lipinski definition) is 3. The standard InChI is InChI=1S/C16H25N3O3S/c1-11-6-8-12(9-7-11)15(17)16(20)18-10-13-4-3-5-14(13)19-23(2,21)22/h6-9,13-15,19H,3-5,10,17H2,1-2H3,(H,18,20). The van der Waals surface area contributed by atoms with E-state index < -0.39 is 16.1 Å². The van der Waals surface area contributed by atoms with Crippen LogP contribution in [0.4, 0.5) is 0 Å². The van der Waals surface area contributed by atoms with Crippen molar-refractivity contribution >= 4 is 15.9 Å². The number of carbonyl (C=O) groups is 1. The minimum Gasteiger partial charge on any atom is -0.354 e. The Labute approximate surface area is 137 Å². The van der Waals surface area contributed by atoms with Crippen molar-refractivity contribution < 1.29 is 13.2 Å². The van der Waals surface area contributed by atoms with E-state index in [1.54, 1.807) is 0 Å². The number of rotatable bonds is 6. The molecule has 1 aliphatic carbocycles. The second kappa shape index (κ2) is 7.42. The SMILES string of the molecule is Cc1ccc(C(N)C(=O)NCC2CCCC2NS(C)(=O)=O)cc1. The molecule has 4 N–H and O–H groups in total. The molecule has 1 fully saturated rings. The minimum atomic E-state index is -3.23. The summed E-state index contributed by atoms with van der Waals surface area (Å²) in [5.41, 5.74) is 7.87. The molecule has 1 aromatic carbocycles. The average Bonchev–Trinajstić information content (AvgIpc) is 2.90. The van der Waals surface area contributed by atoms with E-state index in [1.165, 1.54) is 0 Å². The summed E-state index contributed by atoms with van der Waals surface area (Å²) in [6, 6.07) is 6.72. The number of nitrogens with one attached hydrogen (secondary N) is 2. The molecule has 23 heavy (non-hydrogen) atoms. The van der Waals surface area contributed by atoms with E-state index >= 15 is 0 Å². The van der Waals surface area contributed by atoms with Gasteiger partial charge in [-0.1, -0.05) is 36.2 Å². The third kappa shape index (κ3) is 5.30. The zero-order chi connectivity index (χ0) is 17.0. The lowest BCUT2D eigenvalue weighted by Crippen LogP contribution is -2.43. The topological polar surface area (TPSA) is 101 Å². The van der Waals surface area contributed by atoms with Crippen LogP contribution in [-0.4, -0.2) is 33.2 Å². The van der Waals surface area contributed by atoms with E-state index in [1.807, 2.05) is 31.2 Å². The highest BCUT2D eigenvalue weighted by Crippen LogP contribution is 2.25. The van der Waals surface area contributed by atoms with E-state index in [4.69, 9.17) is 5.73 Å². The van der Waals surface area contributed by atoms with Crippen molar-refractivity contribution in [1.29, 1.82) is 0 Å². The van der Waals surface area contributed by atoms with Gasteiger partial charge in [0.15, 0.2) is 0 Å². The van der Waals surface area contributed by atoms with E-state index in [9.17, 15) is 13.2 Å². The highest BCUT2D eigenvalue weighted by atomic mass is 32.2. The third-order valence-corrected chi connectivity index (χ3v) is 5.01. The smallest absolute Gasteiger partial charge is 0.241 e. The predicted molar refractivity (Wildman–Crippen MR) is 90.2 cm³/mol. The molecule has 0 bridgehead atoms. The summed E-state index contributed by atoms with van der Waals surface area (Å²) < 4.78 is 25.4. The van der Waals surface area contributed by atoms with Crippen molar-refractivity contribution in [2.45, 2.75) is 38.3 Å². The van der Waals surface area contributed by atoms with Crippen LogP contribution in [0.3, 0.4) is 0 Å². The van der Waals surface area contributed by atoms with Gasteiger partial charge in [0.05, 0.1) is 6.26 Å². The summed E-state index contributed by atoms with van der Waals surface area (Å²) in [5.74, 6) is -0.127. The van der Waals surface area contributed by atoms with Gasteiger partial charge >= 0.3 is 0 Å². The summed E-state index contributed by atoms with van der Waals surface area (Å²) in [7, 11) is -3.23. The molecule has 0 aromatic heterocycles. The van der Waals surface area contributed by atoms with Gasteiger partial charge in [0, 0.05) is 12.6 Å². The number of benzene rings is 1. The molecule has 0 spiro atoms. The van der Waals surface area contributed by atoms with Crippen LogP contribution in [0.1, 0.15) is 36.4 Å². The second-order valence-electron chi connectivity index (χ2n) is 6.32. The van der Waals surface area contributed by atoms with E-state index in [0.29, 0.717) is 6.54 Å². The lowest BCUT2D eigenvalue weighted by Gasteiger charge is -2.21. The Bertz CT molecular complexity index is 643. The molecule has 3 unspecified atom stereocenters. The van der Waals surface area contributed by atoms with Crippen LogP contribution in [0, 0.1) is 12.8 Å². The highest BCUT2D eigenvalue weighted by Gasteiger charge is 2.30. The summed E-state index contributed by atoms with van der Waals surface area (Å²) >= 11 is 0. The summed E-state index contributed by atoms with van der Waals surface area (Å²) in [6.07, 6.45) is 3.82. The van der Waals surface area contributed by atoms with Crippen molar-refractivity contribution in [3.8, 4) is 0 Å². The van der Waals surface area contributed by atoms with Gasteiger partial charge in [-0.05, 0) is 31.2 Å². The van der Waals surface area contributed by atoms with Crippen molar-refractivity contribution in [3.05, 3.63) is 35.4 Å². The van der Waals surface area contributed by atoms with Crippen LogP contribution >= 0.6 is 0 Å². The minimum absolute atomic E-state index is 0.110. The second-order valence-corrected chi connectivity index (χ2v) is 8.10. The fourth-order valence-corrected chi connectivity index (χ4v) is 3.84. The molecule has 0 radical (unpaired) electrons. The third-order valence-electron chi connectivity index (χ3n) is 4.28. The molecule has 0 aliphatic heterocycles. The number of nitrogens with two attached hydrogens (primary N) is 1. The molecule has 128 valence electrons. The Morgan fingerprint density at radius 3 is 2.57 bits per heavy atom. The van der Waals surface area contributed by atoms with Crippen molar-refractivity contribution in [2.75, 3.05) is 12.8 Å². The molecule has 6 nitrogen and oxygen atoms in total. The molecular formula is C16H25N3O3S. The zero-order valence-corrected chi connectivity index (χ0v) is 14.4. The number of sulfonamides is 1. The fraction of sp³-hybridized carbons (Fsp3) is 0.562. The zero-order valence-electron chi connectivity index (χ0n) is 13.6. The first-order chi connectivity index (χ1) is 10.8. The Kier molecular flexibility index (Phi) is 5.78. The van der Waals surface area contributed by atoms with Gasteiger partial charge in [-0.15, -0.1) is 0 Å². The first-order valence-corrected chi connectivity index (χ1v) is 9.72. The molecular weight excluding hydrogens is 314 g/mol. The molecule has 2 rings (SSSR count). The molecule has 3 atom stereocenters. The maximum Gasteiger partial charge on any atom is 0.241 e. The Morgan fingerprint density at radius 1 is 1.30 bits per heavy atom. The van der Waals surface area contributed by atoms with Crippen LogP contribution < -0.4 is 15.8 Å². The van der Waals surface area contributed by atoms with Gasteiger partial charge in [0.25, 0.3) is 0 Å². The van der Waals surface area contributed by atoms with E-state index in [2.05, 4.69) is 10.0 Å². The van der Waals surface area contributed by atoms with Crippen molar-refractivity contribution in [3.63, 3.8) is 0 Å². The quantitative estimate of drug-likeness (QED) is 0.714. The van der Waals surface area contributed by atoms with Gasteiger partial charge in [-0.3, -0.25) is 4.79 Å².